The van der Waals surface area contributed by atoms with Crippen molar-refractivity contribution in [3.05, 3.63) is 65.0 Å². The van der Waals surface area contributed by atoms with Crippen LogP contribution in [-0.2, 0) is 11.3 Å². The van der Waals surface area contributed by atoms with E-state index in [1.165, 1.54) is 17.7 Å². The molecule has 0 saturated heterocycles. The van der Waals surface area contributed by atoms with Crippen LogP contribution in [0.1, 0.15) is 16.7 Å². The van der Waals surface area contributed by atoms with Crippen LogP contribution in [0.25, 0.3) is 0 Å². The van der Waals surface area contributed by atoms with Crippen LogP contribution in [0.3, 0.4) is 0 Å². The maximum Gasteiger partial charge on any atom is 0.258 e. The van der Waals surface area contributed by atoms with E-state index in [9.17, 15) is 9.18 Å². The van der Waals surface area contributed by atoms with Crippen molar-refractivity contribution in [2.75, 3.05) is 6.61 Å². The molecule has 0 unspecified atom stereocenters. The highest BCUT2D eigenvalue weighted by molar-refractivity contribution is 5.77. The molecule has 1 amide bonds. The Balaban J connectivity index is 1.80. The first-order valence-corrected chi connectivity index (χ1v) is 6.76. The molecule has 110 valence electrons. The van der Waals surface area contributed by atoms with Crippen LogP contribution in [0.5, 0.6) is 5.75 Å². The van der Waals surface area contributed by atoms with Crippen molar-refractivity contribution in [1.82, 2.24) is 5.32 Å². The average Bonchev–Trinajstić information content (AvgIpc) is 2.46. The molecule has 3 nitrogen and oxygen atoms in total. The van der Waals surface area contributed by atoms with E-state index in [1.807, 2.05) is 32.0 Å². The molecule has 0 aliphatic carbocycles. The summed E-state index contributed by atoms with van der Waals surface area (Å²) in [5, 5.41) is 2.69. The number of rotatable bonds is 5. The summed E-state index contributed by atoms with van der Waals surface area (Å²) in [6, 6.07) is 11.8. The van der Waals surface area contributed by atoms with Crippen LogP contribution in [0.15, 0.2) is 42.5 Å². The van der Waals surface area contributed by atoms with E-state index in [1.54, 1.807) is 12.1 Å². The minimum Gasteiger partial charge on any atom is -0.484 e. The Kier molecular flexibility index (Phi) is 4.93. The zero-order valence-electron chi connectivity index (χ0n) is 12.2. The van der Waals surface area contributed by atoms with Crippen molar-refractivity contribution in [2.45, 2.75) is 20.4 Å². The highest BCUT2D eigenvalue weighted by Gasteiger charge is 2.04. The van der Waals surface area contributed by atoms with Crippen LogP contribution in [-0.4, -0.2) is 12.5 Å². The van der Waals surface area contributed by atoms with E-state index in [-0.39, 0.29) is 24.9 Å². The standard InChI is InChI=1S/C17H18FNO2/c1-12-6-7-16(8-13(12)2)21-11-17(20)19-10-14-4-3-5-15(18)9-14/h3-9H,10-11H2,1-2H3,(H,19,20). The van der Waals surface area contributed by atoms with Crippen molar-refractivity contribution < 1.29 is 13.9 Å². The molecule has 2 aromatic carbocycles. The summed E-state index contributed by atoms with van der Waals surface area (Å²) < 4.78 is 18.4. The number of halogens is 1. The lowest BCUT2D eigenvalue weighted by Crippen LogP contribution is -2.28. The molecule has 4 heteroatoms. The summed E-state index contributed by atoms with van der Waals surface area (Å²) >= 11 is 0. The first-order chi connectivity index (χ1) is 10.0. The number of ether oxygens (including phenoxy) is 1. The van der Waals surface area contributed by atoms with Crippen molar-refractivity contribution in [3.63, 3.8) is 0 Å². The third kappa shape index (κ3) is 4.60. The van der Waals surface area contributed by atoms with Gasteiger partial charge in [0, 0.05) is 6.54 Å². The molecule has 0 heterocycles. The summed E-state index contributed by atoms with van der Waals surface area (Å²) in [6.45, 7) is 4.24. The number of nitrogens with one attached hydrogen (secondary N) is 1. The van der Waals surface area contributed by atoms with Crippen LogP contribution in [0.4, 0.5) is 4.39 Å². The smallest absolute Gasteiger partial charge is 0.258 e. The number of hydrogen-bond donors (Lipinski definition) is 1. The molecule has 0 aliphatic rings. The number of carbonyl (C=O) groups excluding carboxylic acids is 1. The van der Waals surface area contributed by atoms with Gasteiger partial charge in [0.2, 0.25) is 0 Å². The van der Waals surface area contributed by atoms with Gasteiger partial charge in [0.25, 0.3) is 5.91 Å². The fourth-order valence-electron chi connectivity index (χ4n) is 1.85. The fourth-order valence-corrected chi connectivity index (χ4v) is 1.85. The number of benzene rings is 2. The molecule has 0 radical (unpaired) electrons. The Hall–Kier alpha value is -2.36. The second kappa shape index (κ2) is 6.88. The van der Waals surface area contributed by atoms with Crippen LogP contribution < -0.4 is 10.1 Å². The van der Waals surface area contributed by atoms with Gasteiger partial charge in [-0.05, 0) is 54.8 Å². The maximum absolute atomic E-state index is 13.0. The lowest BCUT2D eigenvalue weighted by molar-refractivity contribution is -0.123. The van der Waals surface area contributed by atoms with Gasteiger partial charge in [0.1, 0.15) is 11.6 Å². The molecule has 0 fully saturated rings. The zero-order chi connectivity index (χ0) is 15.2. The van der Waals surface area contributed by atoms with Crippen LogP contribution in [0, 0.1) is 19.7 Å². The highest BCUT2D eigenvalue weighted by Crippen LogP contribution is 2.16. The molecular weight excluding hydrogens is 269 g/mol. The SMILES string of the molecule is Cc1ccc(OCC(=O)NCc2cccc(F)c2)cc1C. The molecule has 2 rings (SSSR count). The lowest BCUT2D eigenvalue weighted by atomic mass is 10.1. The van der Waals surface area contributed by atoms with Crippen molar-refractivity contribution in [3.8, 4) is 5.75 Å². The Morgan fingerprint density at radius 2 is 1.95 bits per heavy atom. The summed E-state index contributed by atoms with van der Waals surface area (Å²) in [5.74, 6) is 0.115. The van der Waals surface area contributed by atoms with E-state index in [2.05, 4.69) is 5.32 Å². The predicted octanol–water partition coefficient (Wildman–Crippen LogP) is 3.14. The van der Waals surface area contributed by atoms with E-state index in [4.69, 9.17) is 4.74 Å². The van der Waals surface area contributed by atoms with Crippen LogP contribution in [0.2, 0.25) is 0 Å². The molecule has 0 atom stereocenters. The number of carbonyl (C=O) groups is 1. The molecule has 0 aromatic heterocycles. The number of aryl methyl sites for hydroxylation is 2. The third-order valence-corrected chi connectivity index (χ3v) is 3.23. The molecule has 0 bridgehead atoms. The summed E-state index contributed by atoms with van der Waals surface area (Å²) in [6.07, 6.45) is 0. The van der Waals surface area contributed by atoms with Crippen molar-refractivity contribution >= 4 is 5.91 Å². The van der Waals surface area contributed by atoms with Gasteiger partial charge in [-0.1, -0.05) is 18.2 Å². The summed E-state index contributed by atoms with van der Waals surface area (Å²) in [7, 11) is 0. The normalized spacial score (nSPS) is 10.2. The highest BCUT2D eigenvalue weighted by atomic mass is 19.1. The minimum atomic E-state index is -0.312. The predicted molar refractivity (Wildman–Crippen MR) is 79.7 cm³/mol. The Morgan fingerprint density at radius 1 is 1.14 bits per heavy atom. The lowest BCUT2D eigenvalue weighted by Gasteiger charge is -2.09. The molecule has 0 aliphatic heterocycles. The van der Waals surface area contributed by atoms with Gasteiger partial charge in [-0.2, -0.15) is 0 Å². The molecule has 0 saturated carbocycles. The van der Waals surface area contributed by atoms with Gasteiger partial charge >= 0.3 is 0 Å². The molecule has 21 heavy (non-hydrogen) atoms. The van der Waals surface area contributed by atoms with E-state index < -0.39 is 0 Å². The quantitative estimate of drug-likeness (QED) is 0.917. The van der Waals surface area contributed by atoms with E-state index in [0.29, 0.717) is 5.75 Å². The zero-order valence-corrected chi connectivity index (χ0v) is 12.2. The van der Waals surface area contributed by atoms with Gasteiger partial charge in [0.15, 0.2) is 6.61 Å². The van der Waals surface area contributed by atoms with Crippen LogP contribution >= 0.6 is 0 Å². The second-order valence-electron chi connectivity index (χ2n) is 4.94. The first-order valence-electron chi connectivity index (χ1n) is 6.76. The van der Waals surface area contributed by atoms with E-state index >= 15 is 0 Å². The maximum atomic E-state index is 13.0. The minimum absolute atomic E-state index is 0.0577. The van der Waals surface area contributed by atoms with Gasteiger partial charge in [-0.3, -0.25) is 4.79 Å². The second-order valence-corrected chi connectivity index (χ2v) is 4.94. The molecule has 2 aromatic rings. The monoisotopic (exact) mass is 287 g/mol. The average molecular weight is 287 g/mol. The van der Waals surface area contributed by atoms with Crippen molar-refractivity contribution in [2.24, 2.45) is 0 Å². The summed E-state index contributed by atoms with van der Waals surface area (Å²) in [5.41, 5.74) is 3.01. The van der Waals surface area contributed by atoms with Gasteiger partial charge in [-0.25, -0.2) is 4.39 Å². The Bertz CT molecular complexity index is 640. The number of hydrogen-bond acceptors (Lipinski definition) is 2. The third-order valence-electron chi connectivity index (χ3n) is 3.23. The molecule has 0 spiro atoms. The largest absolute Gasteiger partial charge is 0.484 e. The first kappa shape index (κ1) is 15.0. The fraction of sp³-hybridized carbons (Fsp3) is 0.235. The van der Waals surface area contributed by atoms with Gasteiger partial charge < -0.3 is 10.1 Å². The van der Waals surface area contributed by atoms with E-state index in [0.717, 1.165) is 11.1 Å². The Morgan fingerprint density at radius 3 is 2.67 bits per heavy atom. The topological polar surface area (TPSA) is 38.3 Å². The van der Waals surface area contributed by atoms with Crippen molar-refractivity contribution in [1.29, 1.82) is 0 Å². The summed E-state index contributed by atoms with van der Waals surface area (Å²) in [4.78, 5) is 11.7. The molecule has 1 N–H and O–H groups in total. The van der Waals surface area contributed by atoms with Gasteiger partial charge in [-0.15, -0.1) is 0 Å². The molecular formula is C17H18FNO2. The number of amides is 1. The van der Waals surface area contributed by atoms with Gasteiger partial charge in [0.05, 0.1) is 0 Å². The Labute approximate surface area is 123 Å².